The molecule has 20 heavy (non-hydrogen) atoms. The maximum atomic E-state index is 11.6. The normalized spacial score (nSPS) is 15.8. The summed E-state index contributed by atoms with van der Waals surface area (Å²) in [5.41, 5.74) is 0. The molecule has 112 valence electrons. The Hall–Kier alpha value is -1.21. The van der Waals surface area contributed by atoms with E-state index in [1.54, 1.807) is 0 Å². The Morgan fingerprint density at radius 1 is 1.40 bits per heavy atom. The van der Waals surface area contributed by atoms with E-state index < -0.39 is 0 Å². The fourth-order valence-electron chi connectivity index (χ4n) is 2.47. The summed E-state index contributed by atoms with van der Waals surface area (Å²) in [5, 5.41) is 9.59. The molecule has 1 aromatic rings. The van der Waals surface area contributed by atoms with Gasteiger partial charge in [-0.05, 0) is 19.8 Å². The summed E-state index contributed by atoms with van der Waals surface area (Å²) in [7, 11) is 1.42. The molecule has 7 heteroatoms. The minimum absolute atomic E-state index is 0.202. The summed E-state index contributed by atoms with van der Waals surface area (Å²) < 4.78 is 10.1. The molecule has 0 aromatic carbocycles. The molecular formula is C13H21N3O3S. The second-order valence-electron chi connectivity index (χ2n) is 4.81. The van der Waals surface area contributed by atoms with Crippen molar-refractivity contribution in [2.45, 2.75) is 45.2 Å². The molecule has 0 saturated heterocycles. The Kier molecular flexibility index (Phi) is 5.72. The second-order valence-corrected chi connectivity index (χ2v) is 5.84. The predicted octanol–water partition coefficient (Wildman–Crippen LogP) is 1.85. The predicted molar refractivity (Wildman–Crippen MR) is 75.8 cm³/mol. The third-order valence-electron chi connectivity index (χ3n) is 3.46. The summed E-state index contributed by atoms with van der Waals surface area (Å²) in [6, 6.07) is 0.438. The van der Waals surface area contributed by atoms with Crippen molar-refractivity contribution in [1.29, 1.82) is 0 Å². The lowest BCUT2D eigenvalue weighted by Gasteiger charge is -2.26. The van der Waals surface area contributed by atoms with Gasteiger partial charge in [-0.15, -0.1) is 10.2 Å². The van der Waals surface area contributed by atoms with Crippen LogP contribution in [-0.4, -0.2) is 47.4 Å². The number of hydrogen-bond donors (Lipinski definition) is 0. The van der Waals surface area contributed by atoms with Crippen LogP contribution in [0.5, 0.6) is 5.19 Å². The fraction of sp³-hybridized carbons (Fsp3) is 0.769. The van der Waals surface area contributed by atoms with Crippen LogP contribution in [0.1, 0.15) is 37.6 Å². The maximum Gasteiger partial charge on any atom is 0.319 e. The molecule has 2 rings (SSSR count). The quantitative estimate of drug-likeness (QED) is 0.716. The Labute approximate surface area is 123 Å². The van der Waals surface area contributed by atoms with Crippen LogP contribution < -0.4 is 4.74 Å². The van der Waals surface area contributed by atoms with Crippen LogP contribution in [0.2, 0.25) is 0 Å². The van der Waals surface area contributed by atoms with Crippen molar-refractivity contribution >= 4 is 17.3 Å². The zero-order chi connectivity index (χ0) is 14.4. The molecule has 0 atom stereocenters. The molecule has 1 aliphatic rings. The van der Waals surface area contributed by atoms with Crippen molar-refractivity contribution in [1.82, 2.24) is 15.1 Å². The van der Waals surface area contributed by atoms with Crippen molar-refractivity contribution in [3.63, 3.8) is 0 Å². The van der Waals surface area contributed by atoms with Crippen LogP contribution in [0, 0.1) is 0 Å². The Bertz CT molecular complexity index is 432. The lowest BCUT2D eigenvalue weighted by Crippen LogP contribution is -2.37. The van der Waals surface area contributed by atoms with E-state index in [2.05, 4.69) is 15.1 Å². The van der Waals surface area contributed by atoms with E-state index in [1.165, 1.54) is 31.3 Å². The van der Waals surface area contributed by atoms with Crippen molar-refractivity contribution < 1.29 is 14.3 Å². The molecule has 1 fully saturated rings. The van der Waals surface area contributed by atoms with Crippen LogP contribution in [0.4, 0.5) is 0 Å². The summed E-state index contributed by atoms with van der Waals surface area (Å²) >= 11 is 1.44. The Morgan fingerprint density at radius 3 is 2.80 bits per heavy atom. The minimum Gasteiger partial charge on any atom is -0.469 e. The topological polar surface area (TPSA) is 64.6 Å². The number of esters is 1. The number of hydrogen-bond acceptors (Lipinski definition) is 7. The number of aromatic nitrogens is 2. The fourth-order valence-corrected chi connectivity index (χ4v) is 3.24. The van der Waals surface area contributed by atoms with Gasteiger partial charge in [0.15, 0.2) is 0 Å². The van der Waals surface area contributed by atoms with Crippen LogP contribution in [0.15, 0.2) is 0 Å². The standard InChI is InChI=1S/C13H21N3O3S/c1-3-19-13-15-14-11(20-13)8-16(9-12(17)18-2)10-6-4-5-7-10/h10H,3-9H2,1-2H3. The van der Waals surface area contributed by atoms with E-state index in [9.17, 15) is 4.79 Å². The molecule has 0 amide bonds. The van der Waals surface area contributed by atoms with Crippen LogP contribution >= 0.6 is 11.3 Å². The Morgan fingerprint density at radius 2 is 2.15 bits per heavy atom. The first-order valence-corrected chi connectivity index (χ1v) is 7.80. The maximum absolute atomic E-state index is 11.6. The van der Waals surface area contributed by atoms with E-state index in [-0.39, 0.29) is 5.97 Å². The van der Waals surface area contributed by atoms with Crippen molar-refractivity contribution in [3.8, 4) is 5.19 Å². The highest BCUT2D eigenvalue weighted by Crippen LogP contribution is 2.26. The zero-order valence-corrected chi connectivity index (χ0v) is 12.8. The highest BCUT2D eigenvalue weighted by molar-refractivity contribution is 7.13. The highest BCUT2D eigenvalue weighted by Gasteiger charge is 2.26. The lowest BCUT2D eigenvalue weighted by atomic mass is 10.2. The molecule has 0 bridgehead atoms. The molecule has 1 aromatic heterocycles. The van der Waals surface area contributed by atoms with Gasteiger partial charge < -0.3 is 9.47 Å². The number of carbonyl (C=O) groups is 1. The van der Waals surface area contributed by atoms with Gasteiger partial charge >= 0.3 is 5.97 Å². The molecule has 0 aliphatic heterocycles. The summed E-state index contributed by atoms with van der Waals surface area (Å²) in [6.45, 7) is 3.45. The third-order valence-corrected chi connectivity index (χ3v) is 4.28. The van der Waals surface area contributed by atoms with Crippen LogP contribution in [0.3, 0.4) is 0 Å². The van der Waals surface area contributed by atoms with Crippen LogP contribution in [-0.2, 0) is 16.1 Å². The van der Waals surface area contributed by atoms with E-state index in [0.29, 0.717) is 30.9 Å². The number of nitrogens with zero attached hydrogens (tertiary/aromatic N) is 3. The van der Waals surface area contributed by atoms with Gasteiger partial charge in [-0.3, -0.25) is 9.69 Å². The first-order chi connectivity index (χ1) is 9.72. The molecule has 0 N–H and O–H groups in total. The average molecular weight is 299 g/mol. The van der Waals surface area contributed by atoms with Gasteiger partial charge in [0.1, 0.15) is 5.01 Å². The van der Waals surface area contributed by atoms with Crippen molar-refractivity contribution in [2.24, 2.45) is 0 Å². The highest BCUT2D eigenvalue weighted by atomic mass is 32.1. The van der Waals surface area contributed by atoms with E-state index in [1.807, 2.05) is 6.92 Å². The van der Waals surface area contributed by atoms with E-state index >= 15 is 0 Å². The summed E-state index contributed by atoms with van der Waals surface area (Å²) in [5.74, 6) is -0.202. The molecule has 1 heterocycles. The molecule has 0 radical (unpaired) electrons. The van der Waals surface area contributed by atoms with Crippen molar-refractivity contribution in [3.05, 3.63) is 5.01 Å². The number of methoxy groups -OCH3 is 1. The third kappa shape index (κ3) is 4.14. The Balaban J connectivity index is 1.99. The first-order valence-electron chi connectivity index (χ1n) is 6.99. The number of carbonyl (C=O) groups excluding carboxylic acids is 1. The largest absolute Gasteiger partial charge is 0.469 e. The first kappa shape index (κ1) is 15.2. The van der Waals surface area contributed by atoms with Gasteiger partial charge in [0.2, 0.25) is 0 Å². The molecule has 0 spiro atoms. The van der Waals surface area contributed by atoms with Gasteiger partial charge in [0, 0.05) is 6.04 Å². The number of rotatable bonds is 7. The van der Waals surface area contributed by atoms with Gasteiger partial charge in [0.05, 0.1) is 26.8 Å². The number of ether oxygens (including phenoxy) is 2. The molecule has 0 unspecified atom stereocenters. The van der Waals surface area contributed by atoms with Gasteiger partial charge in [-0.1, -0.05) is 24.2 Å². The average Bonchev–Trinajstić information content (AvgIpc) is 3.09. The second kappa shape index (κ2) is 7.54. The zero-order valence-electron chi connectivity index (χ0n) is 12.0. The minimum atomic E-state index is -0.202. The van der Waals surface area contributed by atoms with Crippen molar-refractivity contribution in [2.75, 3.05) is 20.3 Å². The molecule has 1 aliphatic carbocycles. The molecule has 1 saturated carbocycles. The smallest absolute Gasteiger partial charge is 0.319 e. The van der Waals surface area contributed by atoms with Gasteiger partial charge in [0.25, 0.3) is 5.19 Å². The summed E-state index contributed by atoms with van der Waals surface area (Å²) in [6.07, 6.45) is 4.72. The van der Waals surface area contributed by atoms with Gasteiger partial charge in [-0.25, -0.2) is 0 Å². The van der Waals surface area contributed by atoms with E-state index in [0.717, 1.165) is 17.8 Å². The summed E-state index contributed by atoms with van der Waals surface area (Å²) in [4.78, 5) is 13.7. The van der Waals surface area contributed by atoms with E-state index in [4.69, 9.17) is 9.47 Å². The lowest BCUT2D eigenvalue weighted by molar-refractivity contribution is -0.142. The molecular weight excluding hydrogens is 278 g/mol. The molecule has 6 nitrogen and oxygen atoms in total. The SMILES string of the molecule is CCOc1nnc(CN(CC(=O)OC)C2CCCC2)s1. The monoisotopic (exact) mass is 299 g/mol. The van der Waals surface area contributed by atoms with Gasteiger partial charge in [-0.2, -0.15) is 0 Å². The van der Waals surface area contributed by atoms with Crippen LogP contribution in [0.25, 0.3) is 0 Å².